The SMILES string of the molecule is N#Cc1ccccc1-c1ccc(CNC(=O)CC2(O)CCCC2)cc1. The van der Waals surface area contributed by atoms with Gasteiger partial charge in [0.15, 0.2) is 0 Å². The maximum atomic E-state index is 12.0. The summed E-state index contributed by atoms with van der Waals surface area (Å²) in [6, 6.07) is 17.5. The minimum atomic E-state index is -0.811. The lowest BCUT2D eigenvalue weighted by molar-refractivity contribution is -0.126. The summed E-state index contributed by atoms with van der Waals surface area (Å²) in [6.07, 6.45) is 3.60. The second-order valence-electron chi connectivity index (χ2n) is 6.74. The van der Waals surface area contributed by atoms with Crippen LogP contribution in [0.5, 0.6) is 0 Å². The molecule has 1 amide bonds. The first-order valence-corrected chi connectivity index (χ1v) is 8.67. The molecule has 2 aromatic rings. The number of rotatable bonds is 5. The molecule has 0 aromatic heterocycles. The van der Waals surface area contributed by atoms with Crippen molar-refractivity contribution in [3.63, 3.8) is 0 Å². The number of benzene rings is 2. The lowest BCUT2D eigenvalue weighted by Crippen LogP contribution is -2.34. The fourth-order valence-corrected chi connectivity index (χ4v) is 3.41. The summed E-state index contributed by atoms with van der Waals surface area (Å²) in [5, 5.41) is 22.4. The van der Waals surface area contributed by atoms with Crippen LogP contribution in [0, 0.1) is 11.3 Å². The van der Waals surface area contributed by atoms with Gasteiger partial charge in [0.2, 0.25) is 5.91 Å². The molecule has 25 heavy (non-hydrogen) atoms. The van der Waals surface area contributed by atoms with Crippen molar-refractivity contribution < 1.29 is 9.90 Å². The Labute approximate surface area is 148 Å². The van der Waals surface area contributed by atoms with E-state index in [0.717, 1.165) is 29.5 Å². The minimum Gasteiger partial charge on any atom is -0.389 e. The molecule has 4 nitrogen and oxygen atoms in total. The van der Waals surface area contributed by atoms with Crippen LogP contribution >= 0.6 is 0 Å². The van der Waals surface area contributed by atoms with Gasteiger partial charge in [-0.2, -0.15) is 5.26 Å². The van der Waals surface area contributed by atoms with Crippen molar-refractivity contribution in [3.05, 3.63) is 59.7 Å². The van der Waals surface area contributed by atoms with E-state index in [4.69, 9.17) is 0 Å². The molecule has 0 atom stereocenters. The third-order valence-corrected chi connectivity index (χ3v) is 4.83. The summed E-state index contributed by atoms with van der Waals surface area (Å²) in [5.41, 5.74) is 2.71. The van der Waals surface area contributed by atoms with Crippen LogP contribution in [0.3, 0.4) is 0 Å². The zero-order valence-electron chi connectivity index (χ0n) is 14.2. The average Bonchev–Trinajstić information content (AvgIpc) is 3.06. The van der Waals surface area contributed by atoms with Gasteiger partial charge in [0.1, 0.15) is 0 Å². The monoisotopic (exact) mass is 334 g/mol. The van der Waals surface area contributed by atoms with Crippen molar-refractivity contribution in [1.82, 2.24) is 5.32 Å². The average molecular weight is 334 g/mol. The van der Waals surface area contributed by atoms with Gasteiger partial charge in [0.05, 0.1) is 23.7 Å². The number of hydrogen-bond donors (Lipinski definition) is 2. The molecule has 3 rings (SSSR count). The van der Waals surface area contributed by atoms with Gasteiger partial charge in [0.25, 0.3) is 0 Å². The first kappa shape index (κ1) is 17.2. The van der Waals surface area contributed by atoms with Gasteiger partial charge < -0.3 is 10.4 Å². The molecule has 128 valence electrons. The fourth-order valence-electron chi connectivity index (χ4n) is 3.41. The standard InChI is InChI=1S/C21H22N2O2/c22-14-18-5-1-2-6-19(18)17-9-7-16(8-10-17)15-23-20(24)13-21(25)11-3-4-12-21/h1-2,5-10,25H,3-4,11-13,15H2,(H,23,24). The first-order chi connectivity index (χ1) is 12.1. The van der Waals surface area contributed by atoms with Gasteiger partial charge in [0, 0.05) is 6.54 Å². The Morgan fingerprint density at radius 3 is 2.48 bits per heavy atom. The second-order valence-corrected chi connectivity index (χ2v) is 6.74. The van der Waals surface area contributed by atoms with Gasteiger partial charge in [-0.3, -0.25) is 4.79 Å². The third kappa shape index (κ3) is 4.26. The second kappa shape index (κ2) is 7.50. The van der Waals surface area contributed by atoms with E-state index in [1.807, 2.05) is 42.5 Å². The van der Waals surface area contributed by atoms with Crippen molar-refractivity contribution in [1.29, 1.82) is 5.26 Å². The van der Waals surface area contributed by atoms with Crippen LogP contribution < -0.4 is 5.32 Å². The Balaban J connectivity index is 1.59. The summed E-state index contributed by atoms with van der Waals surface area (Å²) in [7, 11) is 0. The van der Waals surface area contributed by atoms with Gasteiger partial charge in [-0.25, -0.2) is 0 Å². The number of hydrogen-bond acceptors (Lipinski definition) is 3. The molecule has 1 fully saturated rings. The highest BCUT2D eigenvalue weighted by molar-refractivity contribution is 5.77. The Bertz CT molecular complexity index is 784. The van der Waals surface area contributed by atoms with Gasteiger partial charge >= 0.3 is 0 Å². The van der Waals surface area contributed by atoms with Crippen molar-refractivity contribution in [2.75, 3.05) is 0 Å². The molecule has 0 spiro atoms. The molecule has 1 aliphatic rings. The highest BCUT2D eigenvalue weighted by atomic mass is 16.3. The number of aliphatic hydroxyl groups is 1. The molecular weight excluding hydrogens is 312 g/mol. The van der Waals surface area contributed by atoms with Gasteiger partial charge in [-0.1, -0.05) is 55.3 Å². The highest BCUT2D eigenvalue weighted by Gasteiger charge is 2.33. The summed E-state index contributed by atoms with van der Waals surface area (Å²) in [6.45, 7) is 0.440. The van der Waals surface area contributed by atoms with E-state index in [9.17, 15) is 15.2 Å². The van der Waals surface area contributed by atoms with Gasteiger partial charge in [-0.05, 0) is 35.6 Å². The molecule has 2 N–H and O–H groups in total. The van der Waals surface area contributed by atoms with Crippen molar-refractivity contribution in [2.45, 2.75) is 44.2 Å². The normalized spacial score (nSPS) is 15.5. The van der Waals surface area contributed by atoms with E-state index >= 15 is 0 Å². The lowest BCUT2D eigenvalue weighted by atomic mass is 9.97. The smallest absolute Gasteiger partial charge is 0.223 e. The number of carbonyl (C=O) groups is 1. The molecule has 0 saturated heterocycles. The van der Waals surface area contributed by atoms with Crippen LogP contribution in [-0.4, -0.2) is 16.6 Å². The molecule has 0 unspecified atom stereocenters. The molecule has 0 bridgehead atoms. The van der Waals surface area contributed by atoms with E-state index in [0.29, 0.717) is 24.9 Å². The fraction of sp³-hybridized carbons (Fsp3) is 0.333. The molecule has 0 heterocycles. The molecule has 4 heteroatoms. The number of nitriles is 1. The Kier molecular flexibility index (Phi) is 5.16. The molecule has 2 aromatic carbocycles. The number of carbonyl (C=O) groups excluding carboxylic acids is 1. The summed E-state index contributed by atoms with van der Waals surface area (Å²) >= 11 is 0. The Hall–Kier alpha value is -2.64. The summed E-state index contributed by atoms with van der Waals surface area (Å²) in [4.78, 5) is 12.0. The van der Waals surface area contributed by atoms with Crippen molar-refractivity contribution in [3.8, 4) is 17.2 Å². The van der Waals surface area contributed by atoms with E-state index in [2.05, 4.69) is 11.4 Å². The quantitative estimate of drug-likeness (QED) is 0.878. The number of nitrogens with zero attached hydrogens (tertiary/aromatic N) is 1. The largest absolute Gasteiger partial charge is 0.389 e. The van der Waals surface area contributed by atoms with Crippen LogP contribution in [0.15, 0.2) is 48.5 Å². The minimum absolute atomic E-state index is 0.108. The topological polar surface area (TPSA) is 73.1 Å². The first-order valence-electron chi connectivity index (χ1n) is 8.67. The zero-order chi connectivity index (χ0) is 17.7. The molecule has 1 saturated carbocycles. The van der Waals surface area contributed by atoms with E-state index in [1.54, 1.807) is 6.07 Å². The van der Waals surface area contributed by atoms with Crippen LogP contribution in [0.25, 0.3) is 11.1 Å². The molecule has 0 aliphatic heterocycles. The highest BCUT2D eigenvalue weighted by Crippen LogP contribution is 2.32. The van der Waals surface area contributed by atoms with Crippen LogP contribution in [0.1, 0.15) is 43.2 Å². The predicted octanol–water partition coefficient (Wildman–Crippen LogP) is 3.54. The number of nitrogens with one attached hydrogen (secondary N) is 1. The van der Waals surface area contributed by atoms with Crippen LogP contribution in [0.4, 0.5) is 0 Å². The maximum absolute atomic E-state index is 12.0. The molecule has 0 radical (unpaired) electrons. The van der Waals surface area contributed by atoms with Crippen LogP contribution in [0.2, 0.25) is 0 Å². The van der Waals surface area contributed by atoms with Crippen molar-refractivity contribution >= 4 is 5.91 Å². The van der Waals surface area contributed by atoms with Crippen LogP contribution in [-0.2, 0) is 11.3 Å². The van der Waals surface area contributed by atoms with Gasteiger partial charge in [-0.15, -0.1) is 0 Å². The maximum Gasteiger partial charge on any atom is 0.223 e. The van der Waals surface area contributed by atoms with Crippen molar-refractivity contribution in [2.24, 2.45) is 0 Å². The van der Waals surface area contributed by atoms with E-state index in [-0.39, 0.29) is 12.3 Å². The lowest BCUT2D eigenvalue weighted by Gasteiger charge is -2.21. The zero-order valence-corrected chi connectivity index (χ0v) is 14.2. The Morgan fingerprint density at radius 2 is 1.80 bits per heavy atom. The predicted molar refractivity (Wildman–Crippen MR) is 96.5 cm³/mol. The summed E-state index contributed by atoms with van der Waals surface area (Å²) in [5.74, 6) is -0.108. The summed E-state index contributed by atoms with van der Waals surface area (Å²) < 4.78 is 0. The third-order valence-electron chi connectivity index (χ3n) is 4.83. The van der Waals surface area contributed by atoms with E-state index in [1.165, 1.54) is 0 Å². The number of amides is 1. The molecular formula is C21H22N2O2. The molecule has 1 aliphatic carbocycles. The van der Waals surface area contributed by atoms with E-state index < -0.39 is 5.60 Å². The Morgan fingerprint density at radius 1 is 1.12 bits per heavy atom.